The first-order valence-electron chi connectivity index (χ1n) is 6.64. The van der Waals surface area contributed by atoms with Crippen molar-refractivity contribution >= 4 is 0 Å². The molecule has 0 aromatic carbocycles. The zero-order valence-corrected chi connectivity index (χ0v) is 11.4. The van der Waals surface area contributed by atoms with Crippen LogP contribution < -0.4 is 0 Å². The summed E-state index contributed by atoms with van der Waals surface area (Å²) in [6, 6.07) is 4.45. The minimum atomic E-state index is 0.209. The molecule has 2 atom stereocenters. The number of hydrogen-bond donors (Lipinski definition) is 0. The van der Waals surface area contributed by atoms with Crippen molar-refractivity contribution in [3.63, 3.8) is 0 Å². The summed E-state index contributed by atoms with van der Waals surface area (Å²) in [5, 5.41) is 13.2. The molecule has 0 bridgehead atoms. The van der Waals surface area contributed by atoms with Gasteiger partial charge in [0.15, 0.2) is 0 Å². The first-order chi connectivity index (χ1) is 8.60. The second-order valence-corrected chi connectivity index (χ2v) is 5.60. The maximum atomic E-state index is 9.19. The van der Waals surface area contributed by atoms with Crippen LogP contribution in [-0.4, -0.2) is 23.1 Å². The standard InChI is InChI=1S/C14H21N3O/c1-10(2)14-9-17(5-4-12(14)7-15)8-13-6-11(3)18-16-13/h6,10,12,14H,4-5,8-9H2,1-3H3. The first-order valence-corrected chi connectivity index (χ1v) is 6.64. The maximum absolute atomic E-state index is 9.19. The van der Waals surface area contributed by atoms with E-state index in [0.29, 0.717) is 11.8 Å². The summed E-state index contributed by atoms with van der Waals surface area (Å²) >= 11 is 0. The molecule has 0 aliphatic carbocycles. The molecule has 0 spiro atoms. The van der Waals surface area contributed by atoms with Gasteiger partial charge in [-0.1, -0.05) is 19.0 Å². The van der Waals surface area contributed by atoms with Crippen LogP contribution in [0.5, 0.6) is 0 Å². The van der Waals surface area contributed by atoms with E-state index in [1.165, 1.54) is 0 Å². The van der Waals surface area contributed by atoms with E-state index in [9.17, 15) is 5.26 Å². The maximum Gasteiger partial charge on any atom is 0.133 e. The fourth-order valence-corrected chi connectivity index (χ4v) is 2.75. The van der Waals surface area contributed by atoms with Gasteiger partial charge in [0.2, 0.25) is 0 Å². The van der Waals surface area contributed by atoms with Crippen molar-refractivity contribution in [3.05, 3.63) is 17.5 Å². The SMILES string of the molecule is Cc1cc(CN2CCC(C#N)C(C(C)C)C2)no1. The number of nitrogens with zero attached hydrogens (tertiary/aromatic N) is 3. The molecular formula is C14H21N3O. The van der Waals surface area contributed by atoms with Crippen molar-refractivity contribution in [1.29, 1.82) is 5.26 Å². The molecular weight excluding hydrogens is 226 g/mol. The molecule has 98 valence electrons. The summed E-state index contributed by atoms with van der Waals surface area (Å²) in [5.41, 5.74) is 0.991. The fraction of sp³-hybridized carbons (Fsp3) is 0.714. The lowest BCUT2D eigenvalue weighted by Crippen LogP contribution is -2.41. The number of rotatable bonds is 3. The fourth-order valence-electron chi connectivity index (χ4n) is 2.75. The minimum Gasteiger partial charge on any atom is -0.361 e. The molecule has 0 N–H and O–H groups in total. The molecule has 1 aromatic rings. The zero-order valence-electron chi connectivity index (χ0n) is 11.4. The molecule has 0 radical (unpaired) electrons. The average Bonchev–Trinajstić information content (AvgIpc) is 2.74. The molecule has 1 aromatic heterocycles. The van der Waals surface area contributed by atoms with Gasteiger partial charge in [0.25, 0.3) is 0 Å². The van der Waals surface area contributed by atoms with E-state index in [1.54, 1.807) is 0 Å². The lowest BCUT2D eigenvalue weighted by Gasteiger charge is -2.37. The monoisotopic (exact) mass is 247 g/mol. The predicted molar refractivity (Wildman–Crippen MR) is 68.6 cm³/mol. The normalized spacial score (nSPS) is 25.3. The first kappa shape index (κ1) is 13.1. The van der Waals surface area contributed by atoms with Gasteiger partial charge >= 0.3 is 0 Å². The molecule has 2 unspecified atom stereocenters. The van der Waals surface area contributed by atoms with E-state index in [4.69, 9.17) is 4.52 Å². The third-order valence-electron chi connectivity index (χ3n) is 3.83. The topological polar surface area (TPSA) is 53.1 Å². The van der Waals surface area contributed by atoms with Gasteiger partial charge in [-0.25, -0.2) is 0 Å². The van der Waals surface area contributed by atoms with Crippen molar-refractivity contribution in [3.8, 4) is 6.07 Å². The van der Waals surface area contributed by atoms with Crippen LogP contribution in [0.4, 0.5) is 0 Å². The highest BCUT2D eigenvalue weighted by molar-refractivity contribution is 5.04. The number of aromatic nitrogens is 1. The summed E-state index contributed by atoms with van der Waals surface area (Å²) in [5.74, 6) is 2.09. The largest absolute Gasteiger partial charge is 0.361 e. The Hall–Kier alpha value is -1.34. The smallest absolute Gasteiger partial charge is 0.133 e. The minimum absolute atomic E-state index is 0.209. The van der Waals surface area contributed by atoms with Gasteiger partial charge in [-0.3, -0.25) is 4.90 Å². The Kier molecular flexibility index (Phi) is 4.03. The van der Waals surface area contributed by atoms with Crippen molar-refractivity contribution in [2.45, 2.75) is 33.7 Å². The molecule has 4 nitrogen and oxygen atoms in total. The highest BCUT2D eigenvalue weighted by Crippen LogP contribution is 2.29. The molecule has 2 heterocycles. The van der Waals surface area contributed by atoms with Crippen LogP contribution >= 0.6 is 0 Å². The van der Waals surface area contributed by atoms with Crippen LogP contribution in [0.15, 0.2) is 10.6 Å². The van der Waals surface area contributed by atoms with E-state index < -0.39 is 0 Å². The molecule has 1 fully saturated rings. The summed E-state index contributed by atoms with van der Waals surface area (Å²) in [6.07, 6.45) is 0.968. The lowest BCUT2D eigenvalue weighted by molar-refractivity contribution is 0.106. The molecule has 1 aliphatic heterocycles. The highest BCUT2D eigenvalue weighted by atomic mass is 16.5. The Morgan fingerprint density at radius 2 is 2.39 bits per heavy atom. The summed E-state index contributed by atoms with van der Waals surface area (Å²) in [7, 11) is 0. The van der Waals surface area contributed by atoms with Crippen LogP contribution in [-0.2, 0) is 6.54 Å². The predicted octanol–water partition coefficient (Wildman–Crippen LogP) is 2.60. The number of nitriles is 1. The Morgan fingerprint density at radius 1 is 1.61 bits per heavy atom. The van der Waals surface area contributed by atoms with E-state index in [-0.39, 0.29) is 5.92 Å². The van der Waals surface area contributed by atoms with Gasteiger partial charge in [-0.05, 0) is 31.7 Å². The van der Waals surface area contributed by atoms with Crippen LogP contribution in [0.3, 0.4) is 0 Å². The number of piperidine rings is 1. The second kappa shape index (κ2) is 5.53. The summed E-state index contributed by atoms with van der Waals surface area (Å²) in [6.45, 7) is 9.13. The van der Waals surface area contributed by atoms with Crippen LogP contribution in [0.1, 0.15) is 31.7 Å². The number of likely N-dealkylation sites (tertiary alicyclic amines) is 1. The third kappa shape index (κ3) is 2.91. The Bertz CT molecular complexity index is 432. The lowest BCUT2D eigenvalue weighted by atomic mass is 9.79. The molecule has 4 heteroatoms. The van der Waals surface area contributed by atoms with Gasteiger partial charge in [0.1, 0.15) is 5.76 Å². The molecule has 18 heavy (non-hydrogen) atoms. The molecule has 0 saturated carbocycles. The number of hydrogen-bond acceptors (Lipinski definition) is 4. The average molecular weight is 247 g/mol. The molecule has 1 saturated heterocycles. The second-order valence-electron chi connectivity index (χ2n) is 5.60. The van der Waals surface area contributed by atoms with Crippen molar-refractivity contribution in [2.24, 2.45) is 17.8 Å². The van der Waals surface area contributed by atoms with Crippen LogP contribution in [0.25, 0.3) is 0 Å². The summed E-state index contributed by atoms with van der Waals surface area (Å²) < 4.78 is 5.09. The number of aryl methyl sites for hydroxylation is 1. The van der Waals surface area contributed by atoms with E-state index in [2.05, 4.69) is 30.0 Å². The van der Waals surface area contributed by atoms with Crippen molar-refractivity contribution in [1.82, 2.24) is 10.1 Å². The molecule has 2 rings (SSSR count). The van der Waals surface area contributed by atoms with Crippen LogP contribution in [0, 0.1) is 36.0 Å². The van der Waals surface area contributed by atoms with E-state index in [0.717, 1.165) is 37.5 Å². The quantitative estimate of drug-likeness (QED) is 0.823. The van der Waals surface area contributed by atoms with Crippen molar-refractivity contribution < 1.29 is 4.52 Å². The molecule has 0 amide bonds. The van der Waals surface area contributed by atoms with Gasteiger partial charge < -0.3 is 4.52 Å². The van der Waals surface area contributed by atoms with Gasteiger partial charge in [0.05, 0.1) is 17.7 Å². The Labute approximate surface area is 109 Å². The third-order valence-corrected chi connectivity index (χ3v) is 3.83. The summed E-state index contributed by atoms with van der Waals surface area (Å²) in [4.78, 5) is 2.38. The van der Waals surface area contributed by atoms with Gasteiger partial charge in [0, 0.05) is 19.2 Å². The van der Waals surface area contributed by atoms with Crippen LogP contribution in [0.2, 0.25) is 0 Å². The van der Waals surface area contributed by atoms with Gasteiger partial charge in [-0.2, -0.15) is 5.26 Å². The van der Waals surface area contributed by atoms with Crippen molar-refractivity contribution in [2.75, 3.05) is 13.1 Å². The Balaban J connectivity index is 1.98. The van der Waals surface area contributed by atoms with E-state index >= 15 is 0 Å². The highest BCUT2D eigenvalue weighted by Gasteiger charge is 2.31. The zero-order chi connectivity index (χ0) is 13.1. The van der Waals surface area contributed by atoms with E-state index in [1.807, 2.05) is 13.0 Å². The van der Waals surface area contributed by atoms with Gasteiger partial charge in [-0.15, -0.1) is 0 Å². The molecule has 1 aliphatic rings. The Morgan fingerprint density at radius 3 is 2.94 bits per heavy atom.